The van der Waals surface area contributed by atoms with E-state index in [1.165, 1.54) is 29.1 Å². The van der Waals surface area contributed by atoms with Gasteiger partial charge in [-0.1, -0.05) is 18.2 Å². The second kappa shape index (κ2) is 5.65. The maximum atomic E-state index is 12.5. The lowest BCUT2D eigenvalue weighted by molar-refractivity contribution is 0.0696. The summed E-state index contributed by atoms with van der Waals surface area (Å²) in [7, 11) is -2.03. The molecule has 0 saturated heterocycles. The van der Waals surface area contributed by atoms with Crippen molar-refractivity contribution in [1.29, 1.82) is 0 Å². The molecular weight excluding hydrogens is 294 g/mol. The lowest BCUT2D eigenvalue weighted by atomic mass is 10.1. The Balaban J connectivity index is 2.47. The van der Waals surface area contributed by atoms with Crippen molar-refractivity contribution in [1.82, 2.24) is 15.0 Å². The lowest BCUT2D eigenvalue weighted by Crippen LogP contribution is -2.10. The first-order chi connectivity index (χ1) is 9.83. The summed E-state index contributed by atoms with van der Waals surface area (Å²) in [6.07, 6.45) is 2.01. The Morgan fingerprint density at radius 2 is 2.10 bits per heavy atom. The van der Waals surface area contributed by atoms with E-state index in [1.807, 2.05) is 6.92 Å². The maximum absolute atomic E-state index is 12.5. The molecule has 0 amide bonds. The molecule has 0 fully saturated rings. The minimum Gasteiger partial charge on any atom is -0.478 e. The molecule has 112 valence electrons. The molecule has 0 atom stereocenters. The molecule has 1 aromatic heterocycles. The van der Waals surface area contributed by atoms with Crippen LogP contribution in [0.25, 0.3) is 0 Å². The molecule has 1 N–H and O–H groups in total. The van der Waals surface area contributed by atoms with Crippen LogP contribution in [0.3, 0.4) is 0 Å². The van der Waals surface area contributed by atoms with Gasteiger partial charge in [0.2, 0.25) is 0 Å². The van der Waals surface area contributed by atoms with E-state index in [1.54, 1.807) is 7.05 Å². The SMILES string of the molecule is CCc1ccc(C(=O)O)cc1S(=O)(=O)Cc1cn(C)nn1. The van der Waals surface area contributed by atoms with Crippen LogP contribution >= 0.6 is 0 Å². The van der Waals surface area contributed by atoms with Gasteiger partial charge >= 0.3 is 5.97 Å². The number of rotatable bonds is 5. The fraction of sp³-hybridized carbons (Fsp3) is 0.308. The largest absolute Gasteiger partial charge is 0.478 e. The van der Waals surface area contributed by atoms with Crippen LogP contribution in [-0.4, -0.2) is 34.5 Å². The number of benzene rings is 1. The number of aromatic nitrogens is 3. The predicted octanol–water partition coefficient (Wildman–Crippen LogP) is 1.05. The number of hydrogen-bond donors (Lipinski definition) is 1. The van der Waals surface area contributed by atoms with Gasteiger partial charge < -0.3 is 5.11 Å². The van der Waals surface area contributed by atoms with E-state index in [0.29, 0.717) is 17.7 Å². The number of sulfone groups is 1. The Morgan fingerprint density at radius 3 is 2.62 bits per heavy atom. The van der Waals surface area contributed by atoms with Crippen LogP contribution in [0.1, 0.15) is 28.5 Å². The Bertz CT molecular complexity index is 780. The molecule has 0 aliphatic carbocycles. The topological polar surface area (TPSA) is 102 Å². The van der Waals surface area contributed by atoms with Crippen molar-refractivity contribution < 1.29 is 18.3 Å². The molecule has 0 bridgehead atoms. The van der Waals surface area contributed by atoms with E-state index >= 15 is 0 Å². The highest BCUT2D eigenvalue weighted by Crippen LogP contribution is 2.22. The highest BCUT2D eigenvalue weighted by atomic mass is 32.2. The standard InChI is InChI=1S/C13H15N3O4S/c1-3-9-4-5-10(13(17)18)6-12(9)21(19,20)8-11-7-16(2)15-14-11/h4-7H,3,8H2,1-2H3,(H,17,18). The fourth-order valence-corrected chi connectivity index (χ4v) is 3.60. The summed E-state index contributed by atoms with van der Waals surface area (Å²) in [6.45, 7) is 1.82. The summed E-state index contributed by atoms with van der Waals surface area (Å²) in [4.78, 5) is 11.1. The molecule has 2 rings (SSSR count). The quantitative estimate of drug-likeness (QED) is 0.885. The Kier molecular flexibility index (Phi) is 4.08. The Hall–Kier alpha value is -2.22. The summed E-state index contributed by atoms with van der Waals surface area (Å²) in [5, 5.41) is 16.5. The molecule has 0 unspecified atom stereocenters. The zero-order chi connectivity index (χ0) is 15.6. The van der Waals surface area contributed by atoms with Crippen molar-refractivity contribution >= 4 is 15.8 Å². The predicted molar refractivity (Wildman–Crippen MR) is 74.7 cm³/mol. The normalized spacial score (nSPS) is 11.5. The molecule has 0 aliphatic heterocycles. The summed E-state index contributed by atoms with van der Waals surface area (Å²) >= 11 is 0. The molecule has 0 spiro atoms. The van der Waals surface area contributed by atoms with Gasteiger partial charge in [-0.3, -0.25) is 4.68 Å². The lowest BCUT2D eigenvalue weighted by Gasteiger charge is -2.09. The van der Waals surface area contributed by atoms with E-state index in [4.69, 9.17) is 5.11 Å². The molecular formula is C13H15N3O4S. The maximum Gasteiger partial charge on any atom is 0.335 e. The smallest absolute Gasteiger partial charge is 0.335 e. The molecule has 7 nitrogen and oxygen atoms in total. The zero-order valence-electron chi connectivity index (χ0n) is 11.6. The molecule has 8 heteroatoms. The summed E-state index contributed by atoms with van der Waals surface area (Å²) < 4.78 is 26.4. The monoisotopic (exact) mass is 309 g/mol. The van der Waals surface area contributed by atoms with Gasteiger partial charge in [0.15, 0.2) is 9.84 Å². The minimum absolute atomic E-state index is 0.0375. The third-order valence-electron chi connectivity index (χ3n) is 3.02. The van der Waals surface area contributed by atoms with Gasteiger partial charge in [-0.05, 0) is 24.1 Å². The van der Waals surface area contributed by atoms with Gasteiger partial charge in [0, 0.05) is 13.2 Å². The molecule has 0 saturated carbocycles. The van der Waals surface area contributed by atoms with Crippen molar-refractivity contribution in [2.45, 2.75) is 24.0 Å². The summed E-state index contributed by atoms with van der Waals surface area (Å²) in [6, 6.07) is 4.14. The summed E-state index contributed by atoms with van der Waals surface area (Å²) in [5.41, 5.74) is 0.856. The van der Waals surface area contributed by atoms with Crippen molar-refractivity contribution in [3.8, 4) is 0 Å². The number of carboxylic acids is 1. The first-order valence-corrected chi connectivity index (χ1v) is 7.93. The van der Waals surface area contributed by atoms with Gasteiger partial charge in [-0.15, -0.1) is 5.10 Å². The Morgan fingerprint density at radius 1 is 1.38 bits per heavy atom. The van der Waals surface area contributed by atoms with Crippen LogP contribution in [0.5, 0.6) is 0 Å². The van der Waals surface area contributed by atoms with E-state index < -0.39 is 15.8 Å². The van der Waals surface area contributed by atoms with Crippen LogP contribution < -0.4 is 0 Å². The van der Waals surface area contributed by atoms with Gasteiger partial charge in [0.05, 0.1) is 16.2 Å². The number of nitrogens with zero attached hydrogens (tertiary/aromatic N) is 3. The van der Waals surface area contributed by atoms with Crippen LogP contribution in [0, 0.1) is 0 Å². The van der Waals surface area contributed by atoms with Crippen LogP contribution in [-0.2, 0) is 29.1 Å². The molecule has 2 aromatic rings. The molecule has 0 aliphatic rings. The fourth-order valence-electron chi connectivity index (χ4n) is 2.00. The number of aromatic carboxylic acids is 1. The van der Waals surface area contributed by atoms with Gasteiger partial charge in [-0.2, -0.15) is 0 Å². The zero-order valence-corrected chi connectivity index (χ0v) is 12.5. The highest BCUT2D eigenvalue weighted by molar-refractivity contribution is 7.90. The van der Waals surface area contributed by atoms with Crippen molar-refractivity contribution in [3.05, 3.63) is 41.2 Å². The first kappa shape index (κ1) is 15.2. The van der Waals surface area contributed by atoms with Crippen LogP contribution in [0.15, 0.2) is 29.3 Å². The molecule has 1 aromatic carbocycles. The van der Waals surface area contributed by atoms with Crippen molar-refractivity contribution in [2.75, 3.05) is 0 Å². The minimum atomic E-state index is -3.68. The number of carbonyl (C=O) groups is 1. The number of carboxylic acid groups (broad SMARTS) is 1. The second-order valence-electron chi connectivity index (χ2n) is 4.62. The summed E-state index contributed by atoms with van der Waals surface area (Å²) in [5.74, 6) is -1.47. The van der Waals surface area contributed by atoms with E-state index in [9.17, 15) is 13.2 Å². The van der Waals surface area contributed by atoms with E-state index in [0.717, 1.165) is 0 Å². The first-order valence-electron chi connectivity index (χ1n) is 6.27. The number of hydrogen-bond acceptors (Lipinski definition) is 5. The molecule has 1 heterocycles. The van der Waals surface area contributed by atoms with Gasteiger partial charge in [0.1, 0.15) is 5.75 Å². The van der Waals surface area contributed by atoms with E-state index in [2.05, 4.69) is 10.3 Å². The van der Waals surface area contributed by atoms with Crippen molar-refractivity contribution in [3.63, 3.8) is 0 Å². The Labute approximate surface area is 122 Å². The van der Waals surface area contributed by atoms with Crippen LogP contribution in [0.2, 0.25) is 0 Å². The third-order valence-corrected chi connectivity index (χ3v) is 4.74. The average molecular weight is 309 g/mol. The molecule has 0 radical (unpaired) electrons. The third kappa shape index (κ3) is 3.27. The number of aryl methyl sites for hydroxylation is 2. The molecule has 21 heavy (non-hydrogen) atoms. The second-order valence-corrected chi connectivity index (χ2v) is 6.58. The average Bonchev–Trinajstić information content (AvgIpc) is 2.82. The van der Waals surface area contributed by atoms with Gasteiger partial charge in [0.25, 0.3) is 0 Å². The highest BCUT2D eigenvalue weighted by Gasteiger charge is 2.22. The van der Waals surface area contributed by atoms with Gasteiger partial charge in [-0.25, -0.2) is 13.2 Å². The van der Waals surface area contributed by atoms with Crippen molar-refractivity contribution in [2.24, 2.45) is 7.05 Å². The van der Waals surface area contributed by atoms with Crippen LogP contribution in [0.4, 0.5) is 0 Å². The van der Waals surface area contributed by atoms with E-state index in [-0.39, 0.29) is 16.2 Å².